The predicted molar refractivity (Wildman–Crippen MR) is 66.1 cm³/mol. The molecule has 1 N–H and O–H groups in total. The molecule has 0 spiro atoms. The van der Waals surface area contributed by atoms with Crippen LogP contribution in [0.15, 0.2) is 43.0 Å². The van der Waals surface area contributed by atoms with Crippen molar-refractivity contribution in [3.05, 3.63) is 48.6 Å². The molecule has 0 aliphatic rings. The third-order valence-corrected chi connectivity index (χ3v) is 2.48. The lowest BCUT2D eigenvalue weighted by Crippen LogP contribution is -2.26. The van der Waals surface area contributed by atoms with Crippen molar-refractivity contribution in [2.75, 3.05) is 0 Å². The van der Waals surface area contributed by atoms with Crippen LogP contribution in [-0.4, -0.2) is 17.3 Å². The van der Waals surface area contributed by atoms with Gasteiger partial charge in [-0.15, -0.1) is 6.58 Å². The number of ether oxygens (including phenoxy) is 1. The quantitative estimate of drug-likeness (QED) is 0.716. The van der Waals surface area contributed by atoms with Gasteiger partial charge in [0.05, 0.1) is 12.7 Å². The highest BCUT2D eigenvalue weighted by atomic mass is 16.5. The zero-order valence-corrected chi connectivity index (χ0v) is 9.80. The standard InChI is InChI=1S/C14H20O2/c1-3-8-13(15)14(4-2)16-11-12-9-6-5-7-10-12/h4-7,9-10,13-15H,2-3,8,11H2,1H3. The number of rotatable bonds is 7. The van der Waals surface area contributed by atoms with Gasteiger partial charge < -0.3 is 9.84 Å². The van der Waals surface area contributed by atoms with E-state index in [0.717, 1.165) is 18.4 Å². The monoisotopic (exact) mass is 220 g/mol. The Hall–Kier alpha value is -1.12. The number of aliphatic hydroxyl groups is 1. The van der Waals surface area contributed by atoms with Crippen LogP contribution in [0.3, 0.4) is 0 Å². The molecule has 1 aromatic rings. The Kier molecular flexibility index (Phi) is 5.83. The molecule has 16 heavy (non-hydrogen) atoms. The van der Waals surface area contributed by atoms with Gasteiger partial charge in [0, 0.05) is 0 Å². The summed E-state index contributed by atoms with van der Waals surface area (Å²) in [5, 5.41) is 9.79. The van der Waals surface area contributed by atoms with Gasteiger partial charge in [-0.2, -0.15) is 0 Å². The summed E-state index contributed by atoms with van der Waals surface area (Å²) in [7, 11) is 0. The first-order chi connectivity index (χ1) is 7.77. The van der Waals surface area contributed by atoms with Crippen molar-refractivity contribution in [1.29, 1.82) is 0 Å². The first-order valence-electron chi connectivity index (χ1n) is 5.74. The second-order valence-corrected chi connectivity index (χ2v) is 3.85. The van der Waals surface area contributed by atoms with Crippen molar-refractivity contribution >= 4 is 0 Å². The van der Waals surface area contributed by atoms with Gasteiger partial charge in [-0.1, -0.05) is 49.8 Å². The fraction of sp³-hybridized carbons (Fsp3) is 0.429. The van der Waals surface area contributed by atoms with E-state index >= 15 is 0 Å². The zero-order valence-electron chi connectivity index (χ0n) is 9.80. The minimum absolute atomic E-state index is 0.278. The molecule has 0 heterocycles. The molecule has 88 valence electrons. The summed E-state index contributed by atoms with van der Waals surface area (Å²) < 4.78 is 5.62. The highest BCUT2D eigenvalue weighted by Gasteiger charge is 2.15. The van der Waals surface area contributed by atoms with Crippen LogP contribution in [0.25, 0.3) is 0 Å². The van der Waals surface area contributed by atoms with E-state index in [1.54, 1.807) is 6.08 Å². The summed E-state index contributed by atoms with van der Waals surface area (Å²) >= 11 is 0. The van der Waals surface area contributed by atoms with Crippen LogP contribution in [0.5, 0.6) is 0 Å². The largest absolute Gasteiger partial charge is 0.390 e. The Morgan fingerprint density at radius 1 is 1.38 bits per heavy atom. The number of aliphatic hydroxyl groups excluding tert-OH is 1. The minimum atomic E-state index is -0.453. The van der Waals surface area contributed by atoms with Crippen molar-refractivity contribution in [2.24, 2.45) is 0 Å². The molecule has 0 aromatic heterocycles. The summed E-state index contributed by atoms with van der Waals surface area (Å²) in [6.07, 6.45) is 2.63. The summed E-state index contributed by atoms with van der Waals surface area (Å²) in [5.41, 5.74) is 1.11. The molecule has 0 saturated carbocycles. The van der Waals surface area contributed by atoms with Gasteiger partial charge in [-0.05, 0) is 12.0 Å². The Balaban J connectivity index is 2.42. The van der Waals surface area contributed by atoms with Gasteiger partial charge in [-0.3, -0.25) is 0 Å². The van der Waals surface area contributed by atoms with E-state index in [-0.39, 0.29) is 6.10 Å². The highest BCUT2D eigenvalue weighted by Crippen LogP contribution is 2.10. The molecule has 0 amide bonds. The first-order valence-corrected chi connectivity index (χ1v) is 5.74. The van der Waals surface area contributed by atoms with E-state index in [9.17, 15) is 5.11 Å². The van der Waals surface area contributed by atoms with Crippen LogP contribution >= 0.6 is 0 Å². The number of hydrogen-bond donors (Lipinski definition) is 1. The van der Waals surface area contributed by atoms with E-state index in [2.05, 4.69) is 6.58 Å². The Morgan fingerprint density at radius 2 is 2.06 bits per heavy atom. The average molecular weight is 220 g/mol. The van der Waals surface area contributed by atoms with Crippen LogP contribution in [0, 0.1) is 0 Å². The van der Waals surface area contributed by atoms with Crippen LogP contribution < -0.4 is 0 Å². The smallest absolute Gasteiger partial charge is 0.102 e. The van der Waals surface area contributed by atoms with E-state index < -0.39 is 6.10 Å². The minimum Gasteiger partial charge on any atom is -0.390 e. The molecule has 2 atom stereocenters. The fourth-order valence-corrected chi connectivity index (χ4v) is 1.56. The zero-order chi connectivity index (χ0) is 11.8. The molecule has 0 aliphatic carbocycles. The second-order valence-electron chi connectivity index (χ2n) is 3.85. The average Bonchev–Trinajstić information content (AvgIpc) is 2.31. The van der Waals surface area contributed by atoms with E-state index in [0.29, 0.717) is 6.61 Å². The molecule has 2 heteroatoms. The molecule has 0 bridgehead atoms. The maximum atomic E-state index is 9.79. The second kappa shape index (κ2) is 7.20. The van der Waals surface area contributed by atoms with Crippen molar-refractivity contribution in [2.45, 2.75) is 38.6 Å². The Labute approximate surface area is 97.6 Å². The van der Waals surface area contributed by atoms with Gasteiger partial charge in [0.25, 0.3) is 0 Å². The molecular formula is C14H20O2. The summed E-state index contributed by atoms with van der Waals surface area (Å²) in [6, 6.07) is 9.94. The molecule has 0 fully saturated rings. The van der Waals surface area contributed by atoms with Crippen molar-refractivity contribution in [3.63, 3.8) is 0 Å². The molecule has 0 aliphatic heterocycles. The maximum Gasteiger partial charge on any atom is 0.102 e. The van der Waals surface area contributed by atoms with Gasteiger partial charge >= 0.3 is 0 Å². The summed E-state index contributed by atoms with van der Waals surface area (Å²) in [5.74, 6) is 0. The van der Waals surface area contributed by atoms with Gasteiger partial charge in [-0.25, -0.2) is 0 Å². The van der Waals surface area contributed by atoms with E-state index in [1.807, 2.05) is 37.3 Å². The van der Waals surface area contributed by atoms with Gasteiger partial charge in [0.1, 0.15) is 6.10 Å². The topological polar surface area (TPSA) is 29.5 Å². The third kappa shape index (κ3) is 4.17. The van der Waals surface area contributed by atoms with Crippen molar-refractivity contribution < 1.29 is 9.84 Å². The van der Waals surface area contributed by atoms with Crippen LogP contribution in [0.1, 0.15) is 25.3 Å². The highest BCUT2D eigenvalue weighted by molar-refractivity contribution is 5.13. The molecule has 2 nitrogen and oxygen atoms in total. The molecule has 2 unspecified atom stereocenters. The van der Waals surface area contributed by atoms with Crippen LogP contribution in [0.4, 0.5) is 0 Å². The molecule has 0 radical (unpaired) electrons. The van der Waals surface area contributed by atoms with Gasteiger partial charge in [0.2, 0.25) is 0 Å². The predicted octanol–water partition coefficient (Wildman–Crippen LogP) is 2.92. The summed E-state index contributed by atoms with van der Waals surface area (Å²) in [4.78, 5) is 0. The summed E-state index contributed by atoms with van der Waals surface area (Å²) in [6.45, 7) is 6.25. The number of hydrogen-bond acceptors (Lipinski definition) is 2. The van der Waals surface area contributed by atoms with E-state index in [4.69, 9.17) is 4.74 Å². The third-order valence-electron chi connectivity index (χ3n) is 2.48. The Morgan fingerprint density at radius 3 is 2.62 bits per heavy atom. The molecule has 1 rings (SSSR count). The lowest BCUT2D eigenvalue weighted by molar-refractivity contribution is -0.0216. The SMILES string of the molecule is C=CC(OCc1ccccc1)C(O)CCC. The van der Waals surface area contributed by atoms with Crippen LogP contribution in [-0.2, 0) is 11.3 Å². The normalized spacial score (nSPS) is 14.4. The van der Waals surface area contributed by atoms with Crippen LogP contribution in [0.2, 0.25) is 0 Å². The van der Waals surface area contributed by atoms with Crippen molar-refractivity contribution in [1.82, 2.24) is 0 Å². The van der Waals surface area contributed by atoms with Gasteiger partial charge in [0.15, 0.2) is 0 Å². The number of benzene rings is 1. The maximum absolute atomic E-state index is 9.79. The molecular weight excluding hydrogens is 200 g/mol. The first kappa shape index (κ1) is 12.9. The lowest BCUT2D eigenvalue weighted by atomic mass is 10.1. The lowest BCUT2D eigenvalue weighted by Gasteiger charge is -2.19. The Bertz CT molecular complexity index is 295. The van der Waals surface area contributed by atoms with E-state index in [1.165, 1.54) is 0 Å². The molecule has 1 aromatic carbocycles. The molecule has 0 saturated heterocycles. The fourth-order valence-electron chi connectivity index (χ4n) is 1.56. The van der Waals surface area contributed by atoms with Crippen molar-refractivity contribution in [3.8, 4) is 0 Å².